The lowest BCUT2D eigenvalue weighted by Gasteiger charge is -2.24. The highest BCUT2D eigenvalue weighted by molar-refractivity contribution is 7.47. The molecule has 0 aliphatic rings. The number of hydrogen-bond acceptors (Lipinski definition) is 9. The van der Waals surface area contributed by atoms with E-state index >= 15 is 0 Å². The van der Waals surface area contributed by atoms with Gasteiger partial charge in [0.2, 0.25) is 0 Å². The molecule has 0 saturated heterocycles. The first-order chi connectivity index (χ1) is 27.8. The van der Waals surface area contributed by atoms with Gasteiger partial charge in [0.15, 0.2) is 6.10 Å². The minimum atomic E-state index is -4.46. The van der Waals surface area contributed by atoms with Crippen LogP contribution in [0.5, 0.6) is 0 Å². The van der Waals surface area contributed by atoms with Crippen LogP contribution >= 0.6 is 7.82 Å². The monoisotopic (exact) mass is 839 g/mol. The number of quaternary nitrogens is 1. The molecule has 0 aliphatic heterocycles. The molecular weight excluding hydrogens is 757 g/mol. The molecular formula is C46H81NO10P+. The predicted molar refractivity (Wildman–Crippen MR) is 236 cm³/mol. The minimum Gasteiger partial charge on any atom is -0.462 e. The molecule has 0 saturated carbocycles. The van der Waals surface area contributed by atoms with Gasteiger partial charge in [0.1, 0.15) is 19.8 Å². The molecule has 11 nitrogen and oxygen atoms in total. The number of unbranched alkanes of at least 4 members (excludes halogenated alkanes) is 8. The van der Waals surface area contributed by atoms with E-state index < -0.39 is 44.7 Å². The fourth-order valence-electron chi connectivity index (χ4n) is 5.36. The largest absolute Gasteiger partial charge is 0.472 e. The summed E-state index contributed by atoms with van der Waals surface area (Å²) in [6.07, 6.45) is 38.4. The van der Waals surface area contributed by atoms with Crippen LogP contribution in [0.3, 0.4) is 0 Å². The number of aliphatic hydroxyl groups excluding tert-OH is 2. The van der Waals surface area contributed by atoms with E-state index in [4.69, 9.17) is 18.5 Å². The van der Waals surface area contributed by atoms with Crippen LogP contribution in [0.25, 0.3) is 0 Å². The Bertz CT molecular complexity index is 1250. The van der Waals surface area contributed by atoms with Crippen molar-refractivity contribution in [2.75, 3.05) is 47.5 Å². The van der Waals surface area contributed by atoms with Gasteiger partial charge in [0.25, 0.3) is 0 Å². The van der Waals surface area contributed by atoms with Crippen molar-refractivity contribution in [1.29, 1.82) is 0 Å². The van der Waals surface area contributed by atoms with E-state index in [0.717, 1.165) is 70.6 Å². The molecule has 3 N–H and O–H groups in total. The first kappa shape index (κ1) is 55.4. The molecule has 58 heavy (non-hydrogen) atoms. The molecule has 0 spiro atoms. The third kappa shape index (κ3) is 38.9. The number of carbonyl (C=O) groups excluding carboxylic acids is 2. The Hall–Kier alpha value is -2.63. The molecule has 0 amide bonds. The number of likely N-dealkylation sites (N-methyl/N-ethyl adjacent to an activating group) is 1. The third-order valence-electron chi connectivity index (χ3n) is 8.92. The molecule has 0 aromatic heterocycles. The Morgan fingerprint density at radius 2 is 1.16 bits per heavy atom. The van der Waals surface area contributed by atoms with Crippen LogP contribution < -0.4 is 0 Å². The van der Waals surface area contributed by atoms with Gasteiger partial charge in [-0.1, -0.05) is 119 Å². The fourth-order valence-corrected chi connectivity index (χ4v) is 6.11. The summed E-state index contributed by atoms with van der Waals surface area (Å²) in [5, 5.41) is 20.8. The van der Waals surface area contributed by atoms with Crippen molar-refractivity contribution in [2.45, 2.75) is 161 Å². The van der Waals surface area contributed by atoms with Crippen molar-refractivity contribution in [1.82, 2.24) is 0 Å². The molecule has 334 valence electrons. The van der Waals surface area contributed by atoms with Crippen LogP contribution in [-0.2, 0) is 32.7 Å². The van der Waals surface area contributed by atoms with E-state index in [9.17, 15) is 29.3 Å². The van der Waals surface area contributed by atoms with Crippen LogP contribution in [0.1, 0.15) is 142 Å². The van der Waals surface area contributed by atoms with E-state index in [2.05, 4.69) is 68.5 Å². The summed E-state index contributed by atoms with van der Waals surface area (Å²) in [7, 11) is 1.28. The maximum atomic E-state index is 12.7. The first-order valence-corrected chi connectivity index (χ1v) is 23.3. The molecule has 0 heterocycles. The van der Waals surface area contributed by atoms with Gasteiger partial charge in [-0.25, -0.2) is 4.57 Å². The number of ether oxygens (including phenoxy) is 2. The van der Waals surface area contributed by atoms with E-state index in [1.807, 2.05) is 39.4 Å². The Morgan fingerprint density at radius 1 is 0.621 bits per heavy atom. The lowest BCUT2D eigenvalue weighted by Crippen LogP contribution is -2.37. The Kier molecular flexibility index (Phi) is 35.7. The lowest BCUT2D eigenvalue weighted by molar-refractivity contribution is -0.870. The number of carbonyl (C=O) groups is 2. The molecule has 0 rings (SSSR count). The Morgan fingerprint density at radius 3 is 1.76 bits per heavy atom. The normalized spacial score (nSPS) is 15.4. The van der Waals surface area contributed by atoms with Crippen molar-refractivity contribution in [3.63, 3.8) is 0 Å². The van der Waals surface area contributed by atoms with Crippen LogP contribution in [0.4, 0.5) is 0 Å². The minimum absolute atomic E-state index is 0.0271. The van der Waals surface area contributed by atoms with Gasteiger partial charge in [-0.15, -0.1) is 0 Å². The maximum Gasteiger partial charge on any atom is 0.472 e. The number of esters is 2. The van der Waals surface area contributed by atoms with Gasteiger partial charge < -0.3 is 29.1 Å². The van der Waals surface area contributed by atoms with Crippen molar-refractivity contribution in [2.24, 2.45) is 0 Å². The van der Waals surface area contributed by atoms with Crippen LogP contribution in [0.15, 0.2) is 72.9 Å². The molecule has 0 fully saturated rings. The Labute approximate surface area is 352 Å². The van der Waals surface area contributed by atoms with Crippen molar-refractivity contribution in [3.05, 3.63) is 72.9 Å². The zero-order chi connectivity index (χ0) is 43.2. The predicted octanol–water partition coefficient (Wildman–Crippen LogP) is 10.2. The van der Waals surface area contributed by atoms with Gasteiger partial charge in [-0.05, 0) is 83.5 Å². The van der Waals surface area contributed by atoms with Crippen molar-refractivity contribution < 1.29 is 52.3 Å². The summed E-state index contributed by atoms with van der Waals surface area (Å²) in [6.45, 7) is 3.90. The molecule has 12 heteroatoms. The molecule has 4 atom stereocenters. The third-order valence-corrected chi connectivity index (χ3v) is 9.91. The van der Waals surface area contributed by atoms with E-state index in [-0.39, 0.29) is 45.3 Å². The molecule has 0 aromatic carbocycles. The topological polar surface area (TPSA) is 149 Å². The number of allylic oxidation sites excluding steroid dienone is 11. The number of hydrogen-bond donors (Lipinski definition) is 3. The molecule has 0 aliphatic carbocycles. The lowest BCUT2D eigenvalue weighted by atomic mass is 10.0. The van der Waals surface area contributed by atoms with Crippen LogP contribution in [0, 0.1) is 0 Å². The fraction of sp³-hybridized carbons (Fsp3) is 0.696. The molecule has 0 radical (unpaired) electrons. The summed E-state index contributed by atoms with van der Waals surface area (Å²) in [4.78, 5) is 35.4. The summed E-state index contributed by atoms with van der Waals surface area (Å²) in [6, 6.07) is 0. The van der Waals surface area contributed by atoms with E-state index in [0.29, 0.717) is 17.4 Å². The van der Waals surface area contributed by atoms with Gasteiger partial charge in [-0.3, -0.25) is 18.6 Å². The standard InChI is InChI=1S/C46H80NO10P/c1-6-8-10-12-14-16-18-20-21-22-24-26-28-30-32-36-45(50)54-40-42(41-56-58(52,53)55-39-38-47(3,4)5)57-46(51)37-33-35-44(49)43(48)34-31-29-27-25-23-19-17-15-13-11-9-7-2/h9,11,14-17,20-21,23,25,29,31,42-44,48-49H,6-8,10,12-13,18-19,22,24,26-28,30,32-41H2,1-5H3/p+1/b11-9-,16-14-,17-15-,21-20-,25-23-,31-29-/t42-,43-,44-/m1/s1. The summed E-state index contributed by atoms with van der Waals surface area (Å²) in [5.41, 5.74) is 0. The average molecular weight is 839 g/mol. The SMILES string of the molecule is CC/C=C\C/C=C\C/C=C\C/C=C\C[C@@H](O)[C@H](O)CCCC(=O)O[C@H](COC(=O)CCCCCCC/C=C\C/C=C\CCCCC)COP(=O)(O)OCC[N+](C)(C)C. The number of phosphoric ester groups is 1. The van der Waals surface area contributed by atoms with Gasteiger partial charge in [0, 0.05) is 12.8 Å². The number of rotatable bonds is 38. The smallest absolute Gasteiger partial charge is 0.462 e. The van der Waals surface area contributed by atoms with Crippen molar-refractivity contribution in [3.8, 4) is 0 Å². The van der Waals surface area contributed by atoms with Crippen molar-refractivity contribution >= 4 is 19.8 Å². The highest BCUT2D eigenvalue weighted by atomic mass is 31.2. The quantitative estimate of drug-likeness (QED) is 0.0180. The highest BCUT2D eigenvalue weighted by Gasteiger charge is 2.27. The molecule has 0 aromatic rings. The zero-order valence-electron chi connectivity index (χ0n) is 36.7. The van der Waals surface area contributed by atoms with Gasteiger partial charge in [0.05, 0.1) is 40.0 Å². The van der Waals surface area contributed by atoms with E-state index in [1.54, 1.807) is 0 Å². The van der Waals surface area contributed by atoms with E-state index in [1.165, 1.54) is 19.3 Å². The van der Waals surface area contributed by atoms with Crippen LogP contribution in [-0.4, -0.2) is 97.3 Å². The second-order valence-corrected chi connectivity index (χ2v) is 17.1. The average Bonchev–Trinajstić information content (AvgIpc) is 3.17. The highest BCUT2D eigenvalue weighted by Crippen LogP contribution is 2.43. The number of phosphoric acid groups is 1. The molecule has 1 unspecified atom stereocenters. The zero-order valence-corrected chi connectivity index (χ0v) is 37.6. The summed E-state index contributed by atoms with van der Waals surface area (Å²) < 4.78 is 34.0. The molecule has 0 bridgehead atoms. The Balaban J connectivity index is 4.66. The summed E-state index contributed by atoms with van der Waals surface area (Å²) in [5.74, 6) is -1.11. The van der Waals surface area contributed by atoms with Crippen LogP contribution in [0.2, 0.25) is 0 Å². The first-order valence-electron chi connectivity index (χ1n) is 21.8. The number of aliphatic hydroxyl groups is 2. The van der Waals surface area contributed by atoms with Gasteiger partial charge in [-0.2, -0.15) is 0 Å². The maximum absolute atomic E-state index is 12.7. The number of nitrogens with zero attached hydrogens (tertiary/aromatic N) is 1. The second kappa shape index (κ2) is 37.4. The van der Waals surface area contributed by atoms with Gasteiger partial charge >= 0.3 is 19.8 Å². The second-order valence-electron chi connectivity index (χ2n) is 15.7. The summed E-state index contributed by atoms with van der Waals surface area (Å²) >= 11 is 0.